The van der Waals surface area contributed by atoms with Gasteiger partial charge in [-0.15, -0.1) is 5.10 Å². The van der Waals surface area contributed by atoms with Gasteiger partial charge >= 0.3 is 0 Å². The first kappa shape index (κ1) is 16.6. The number of aromatic nitrogens is 5. The van der Waals surface area contributed by atoms with E-state index in [1.165, 1.54) is 34.9 Å². The van der Waals surface area contributed by atoms with Crippen LogP contribution in [0, 0.1) is 11.6 Å². The average Bonchev–Trinajstić information content (AvgIpc) is 3.07. The summed E-state index contributed by atoms with van der Waals surface area (Å²) in [7, 11) is 0. The first-order valence-electron chi connectivity index (χ1n) is 7.86. The molecule has 130 valence electrons. The second kappa shape index (κ2) is 7.17. The second-order valence-corrected chi connectivity index (χ2v) is 6.53. The molecule has 0 spiro atoms. The molecule has 0 fully saturated rings. The minimum Gasteiger partial charge on any atom is -0.227 e. The molecule has 26 heavy (non-hydrogen) atoms. The van der Waals surface area contributed by atoms with Crippen molar-refractivity contribution in [2.45, 2.75) is 17.3 Å². The Labute approximate surface area is 152 Å². The minimum atomic E-state index is -0.306. The van der Waals surface area contributed by atoms with E-state index in [0.29, 0.717) is 33.1 Å². The fourth-order valence-electron chi connectivity index (χ4n) is 2.53. The molecule has 2 aromatic carbocycles. The molecule has 0 aliphatic carbocycles. The van der Waals surface area contributed by atoms with Crippen LogP contribution in [0.5, 0.6) is 0 Å². The molecule has 0 saturated carbocycles. The van der Waals surface area contributed by atoms with Crippen LogP contribution in [0.15, 0.2) is 59.9 Å². The Morgan fingerprint density at radius 3 is 2.31 bits per heavy atom. The summed E-state index contributed by atoms with van der Waals surface area (Å²) in [4.78, 5) is 8.45. The lowest BCUT2D eigenvalue weighted by atomic mass is 10.2. The van der Waals surface area contributed by atoms with Gasteiger partial charge < -0.3 is 0 Å². The second-order valence-electron chi connectivity index (χ2n) is 5.57. The lowest BCUT2D eigenvalue weighted by Gasteiger charge is -2.04. The van der Waals surface area contributed by atoms with Crippen molar-refractivity contribution in [3.63, 3.8) is 0 Å². The zero-order chi connectivity index (χ0) is 17.9. The molecular weight excluding hydrogens is 356 g/mol. The molecule has 0 amide bonds. The zero-order valence-corrected chi connectivity index (χ0v) is 14.3. The van der Waals surface area contributed by atoms with Crippen molar-refractivity contribution in [3.05, 3.63) is 77.6 Å². The SMILES string of the molecule is Fc1ccccc1CSc1ncnc2c1nnn2Cc1ccccc1F. The van der Waals surface area contributed by atoms with Crippen molar-refractivity contribution in [3.8, 4) is 0 Å². The molecule has 0 bridgehead atoms. The van der Waals surface area contributed by atoms with E-state index in [-0.39, 0.29) is 18.2 Å². The summed E-state index contributed by atoms with van der Waals surface area (Å²) in [5.74, 6) is -0.147. The highest BCUT2D eigenvalue weighted by Crippen LogP contribution is 2.27. The van der Waals surface area contributed by atoms with E-state index >= 15 is 0 Å². The van der Waals surface area contributed by atoms with E-state index < -0.39 is 0 Å². The van der Waals surface area contributed by atoms with Crippen molar-refractivity contribution >= 4 is 22.9 Å². The first-order chi connectivity index (χ1) is 12.7. The molecule has 0 N–H and O–H groups in total. The number of halogens is 2. The molecule has 2 heterocycles. The molecule has 0 aliphatic heterocycles. The lowest BCUT2D eigenvalue weighted by Crippen LogP contribution is -2.04. The Morgan fingerprint density at radius 1 is 0.885 bits per heavy atom. The number of hydrogen-bond acceptors (Lipinski definition) is 5. The van der Waals surface area contributed by atoms with Crippen LogP contribution in [0.25, 0.3) is 11.2 Å². The van der Waals surface area contributed by atoms with Gasteiger partial charge in [0.15, 0.2) is 11.2 Å². The summed E-state index contributed by atoms with van der Waals surface area (Å²) in [6.45, 7) is 0.220. The van der Waals surface area contributed by atoms with E-state index in [9.17, 15) is 8.78 Å². The van der Waals surface area contributed by atoms with E-state index in [1.807, 2.05) is 0 Å². The number of benzene rings is 2. The Morgan fingerprint density at radius 2 is 1.58 bits per heavy atom. The van der Waals surface area contributed by atoms with Crippen molar-refractivity contribution < 1.29 is 8.78 Å². The fraction of sp³-hybridized carbons (Fsp3) is 0.111. The van der Waals surface area contributed by atoms with Gasteiger partial charge in [-0.05, 0) is 17.7 Å². The van der Waals surface area contributed by atoms with Crippen LogP contribution in [0.3, 0.4) is 0 Å². The predicted molar refractivity (Wildman–Crippen MR) is 94.6 cm³/mol. The largest absolute Gasteiger partial charge is 0.227 e. The third-order valence-electron chi connectivity index (χ3n) is 3.87. The Balaban J connectivity index is 1.61. The molecule has 8 heteroatoms. The summed E-state index contributed by atoms with van der Waals surface area (Å²) in [5, 5.41) is 8.81. The van der Waals surface area contributed by atoms with Crippen molar-refractivity contribution in [2.24, 2.45) is 0 Å². The standard InChI is InChI=1S/C18H13F2N5S/c19-14-7-3-1-5-12(14)9-25-17-16(23-24-25)18(22-11-21-17)26-10-13-6-2-4-8-15(13)20/h1-8,11H,9-10H2. The van der Waals surface area contributed by atoms with Crippen LogP contribution in [0.4, 0.5) is 8.78 Å². The Kier molecular flexibility index (Phi) is 4.57. The van der Waals surface area contributed by atoms with Gasteiger partial charge in [0, 0.05) is 11.3 Å². The molecule has 2 aromatic heterocycles. The predicted octanol–water partition coefficient (Wildman–Crippen LogP) is 3.84. The van der Waals surface area contributed by atoms with E-state index in [4.69, 9.17) is 0 Å². The molecule has 5 nitrogen and oxygen atoms in total. The van der Waals surface area contributed by atoms with Gasteiger partial charge in [-0.3, -0.25) is 0 Å². The highest BCUT2D eigenvalue weighted by atomic mass is 32.2. The maximum Gasteiger partial charge on any atom is 0.183 e. The van der Waals surface area contributed by atoms with Crippen LogP contribution in [-0.4, -0.2) is 25.0 Å². The number of hydrogen-bond donors (Lipinski definition) is 0. The third-order valence-corrected chi connectivity index (χ3v) is 4.89. The van der Waals surface area contributed by atoms with Gasteiger partial charge in [-0.25, -0.2) is 23.4 Å². The first-order valence-corrected chi connectivity index (χ1v) is 8.85. The zero-order valence-electron chi connectivity index (χ0n) is 13.5. The summed E-state index contributed by atoms with van der Waals surface area (Å²) in [6.07, 6.45) is 1.41. The summed E-state index contributed by atoms with van der Waals surface area (Å²) >= 11 is 1.36. The Hall–Kier alpha value is -2.87. The molecule has 0 aliphatic rings. The number of nitrogens with zero attached hydrogens (tertiary/aromatic N) is 5. The number of fused-ring (bicyclic) bond motifs is 1. The molecular formula is C18H13F2N5S. The lowest BCUT2D eigenvalue weighted by molar-refractivity contribution is 0.582. The van der Waals surface area contributed by atoms with Crippen molar-refractivity contribution in [1.29, 1.82) is 0 Å². The van der Waals surface area contributed by atoms with Gasteiger partial charge in [0.1, 0.15) is 23.0 Å². The third kappa shape index (κ3) is 3.28. The van der Waals surface area contributed by atoms with Crippen molar-refractivity contribution in [1.82, 2.24) is 25.0 Å². The van der Waals surface area contributed by atoms with Crippen LogP contribution < -0.4 is 0 Å². The van der Waals surface area contributed by atoms with E-state index in [0.717, 1.165) is 0 Å². The summed E-state index contributed by atoms with van der Waals surface area (Å²) in [6, 6.07) is 13.1. The van der Waals surface area contributed by atoms with Gasteiger partial charge in [-0.2, -0.15) is 0 Å². The van der Waals surface area contributed by atoms with Gasteiger partial charge in [0.2, 0.25) is 0 Å². The van der Waals surface area contributed by atoms with Gasteiger partial charge in [-0.1, -0.05) is 53.4 Å². The summed E-state index contributed by atoms with van der Waals surface area (Å²) < 4.78 is 29.2. The van der Waals surface area contributed by atoms with Gasteiger partial charge in [0.25, 0.3) is 0 Å². The normalized spacial score (nSPS) is 11.2. The maximum absolute atomic E-state index is 13.9. The highest BCUT2D eigenvalue weighted by molar-refractivity contribution is 7.98. The monoisotopic (exact) mass is 369 g/mol. The molecule has 4 rings (SSSR count). The number of rotatable bonds is 5. The van der Waals surface area contributed by atoms with Crippen LogP contribution in [0.1, 0.15) is 11.1 Å². The topological polar surface area (TPSA) is 56.5 Å². The molecule has 0 unspecified atom stereocenters. The highest BCUT2D eigenvalue weighted by Gasteiger charge is 2.14. The molecule has 0 saturated heterocycles. The minimum absolute atomic E-state index is 0.220. The maximum atomic E-state index is 13.9. The van der Waals surface area contributed by atoms with E-state index in [2.05, 4.69) is 20.3 Å². The molecule has 0 atom stereocenters. The average molecular weight is 369 g/mol. The molecule has 0 radical (unpaired) electrons. The summed E-state index contributed by atoms with van der Waals surface area (Å²) in [5.41, 5.74) is 2.12. The van der Waals surface area contributed by atoms with Crippen LogP contribution in [0.2, 0.25) is 0 Å². The number of thioether (sulfide) groups is 1. The Bertz CT molecular complexity index is 1070. The quantitative estimate of drug-likeness (QED) is 0.395. The van der Waals surface area contributed by atoms with Crippen LogP contribution >= 0.6 is 11.8 Å². The smallest absolute Gasteiger partial charge is 0.183 e. The van der Waals surface area contributed by atoms with E-state index in [1.54, 1.807) is 36.4 Å². The van der Waals surface area contributed by atoms with Crippen LogP contribution in [-0.2, 0) is 12.3 Å². The fourth-order valence-corrected chi connectivity index (χ4v) is 3.45. The van der Waals surface area contributed by atoms with Crippen molar-refractivity contribution in [2.75, 3.05) is 0 Å². The van der Waals surface area contributed by atoms with Gasteiger partial charge in [0.05, 0.1) is 6.54 Å². The molecule has 4 aromatic rings.